The number of amides is 2. The summed E-state index contributed by atoms with van der Waals surface area (Å²) in [7, 11) is 1.81. The van der Waals surface area contributed by atoms with Gasteiger partial charge in [-0.15, -0.1) is 11.8 Å². The molecule has 2 amide bonds. The SMILES string of the molecule is CN1C(=O)/C(=C/c2ccccc2F)SC2CCC(C(=O)N3CCN(c4cccc(Cl)c4)CC3)CC21. The number of nitrogens with zero attached hydrogens (tertiary/aromatic N) is 3. The monoisotopic (exact) mass is 513 g/mol. The molecule has 3 aliphatic rings. The third-order valence-electron chi connectivity index (χ3n) is 7.37. The first-order chi connectivity index (χ1) is 16.9. The molecule has 2 aromatic carbocycles. The summed E-state index contributed by atoms with van der Waals surface area (Å²) in [5.41, 5.74) is 1.51. The number of likely N-dealkylation sites (N-methyl/N-ethyl adjacent to an activating group) is 1. The third-order valence-corrected chi connectivity index (χ3v) is 9.00. The second kappa shape index (κ2) is 10.2. The fourth-order valence-corrected chi connectivity index (χ4v) is 7.03. The van der Waals surface area contributed by atoms with E-state index in [4.69, 9.17) is 11.6 Å². The van der Waals surface area contributed by atoms with E-state index in [0.717, 1.165) is 31.6 Å². The fourth-order valence-electron chi connectivity index (χ4n) is 5.37. The van der Waals surface area contributed by atoms with E-state index in [2.05, 4.69) is 4.90 Å². The average molecular weight is 514 g/mol. The summed E-state index contributed by atoms with van der Waals surface area (Å²) in [6.07, 6.45) is 4.02. The zero-order valence-corrected chi connectivity index (χ0v) is 21.3. The van der Waals surface area contributed by atoms with Crippen LogP contribution in [0.5, 0.6) is 0 Å². The van der Waals surface area contributed by atoms with Crippen LogP contribution in [0.15, 0.2) is 53.4 Å². The lowest BCUT2D eigenvalue weighted by molar-refractivity contribution is -0.139. The highest BCUT2D eigenvalue weighted by atomic mass is 35.5. The predicted octanol–water partition coefficient (Wildman–Crippen LogP) is 4.91. The minimum atomic E-state index is -0.331. The van der Waals surface area contributed by atoms with Gasteiger partial charge in [-0.2, -0.15) is 0 Å². The normalized spacial score (nSPS) is 26.1. The lowest BCUT2D eigenvalue weighted by Crippen LogP contribution is -2.55. The van der Waals surface area contributed by atoms with Gasteiger partial charge in [-0.3, -0.25) is 9.59 Å². The molecule has 5 rings (SSSR count). The standard InChI is InChI=1S/C27H29ClFN3O2S/c1-30-23-15-19(26(33)32-13-11-31(12-14-32)21-7-4-6-20(28)17-21)9-10-24(23)35-25(27(30)34)16-18-5-2-3-8-22(18)29/h2-8,16-17,19,23-24H,9-15H2,1H3/b25-16-. The van der Waals surface area contributed by atoms with Gasteiger partial charge in [0.2, 0.25) is 5.91 Å². The highest BCUT2D eigenvalue weighted by molar-refractivity contribution is 8.04. The number of carbonyl (C=O) groups excluding carboxylic acids is 2. The Balaban J connectivity index is 1.21. The molecule has 0 N–H and O–H groups in total. The maximum Gasteiger partial charge on any atom is 0.260 e. The number of benzene rings is 2. The van der Waals surface area contributed by atoms with E-state index >= 15 is 0 Å². The van der Waals surface area contributed by atoms with Gasteiger partial charge in [0, 0.05) is 66.7 Å². The van der Waals surface area contributed by atoms with Crippen molar-refractivity contribution < 1.29 is 14.0 Å². The van der Waals surface area contributed by atoms with E-state index in [1.807, 2.05) is 36.2 Å². The summed E-state index contributed by atoms with van der Waals surface area (Å²) in [5.74, 6) is -0.291. The Morgan fingerprint density at radius 1 is 1.09 bits per heavy atom. The van der Waals surface area contributed by atoms with Gasteiger partial charge in [0.25, 0.3) is 5.91 Å². The molecule has 0 bridgehead atoms. The van der Waals surface area contributed by atoms with Crippen molar-refractivity contribution in [1.29, 1.82) is 0 Å². The molecule has 2 heterocycles. The van der Waals surface area contributed by atoms with Gasteiger partial charge in [-0.25, -0.2) is 4.39 Å². The second-order valence-corrected chi connectivity index (χ2v) is 11.2. The molecule has 0 aromatic heterocycles. The molecular formula is C27H29ClFN3O2S. The zero-order chi connectivity index (χ0) is 24.5. The smallest absolute Gasteiger partial charge is 0.260 e. The van der Waals surface area contributed by atoms with Crippen LogP contribution < -0.4 is 4.90 Å². The summed E-state index contributed by atoms with van der Waals surface area (Å²) in [6.45, 7) is 2.94. The Hall–Kier alpha value is -2.51. The first-order valence-corrected chi connectivity index (χ1v) is 13.4. The molecule has 0 spiro atoms. The van der Waals surface area contributed by atoms with E-state index in [9.17, 15) is 14.0 Å². The van der Waals surface area contributed by atoms with E-state index in [-0.39, 0.29) is 34.8 Å². The summed E-state index contributed by atoms with van der Waals surface area (Å²) in [6, 6.07) is 14.3. The van der Waals surface area contributed by atoms with E-state index in [0.29, 0.717) is 35.0 Å². The molecule has 35 heavy (non-hydrogen) atoms. The van der Waals surface area contributed by atoms with Crippen LogP contribution >= 0.6 is 23.4 Å². The van der Waals surface area contributed by atoms with Crippen molar-refractivity contribution in [3.8, 4) is 0 Å². The predicted molar refractivity (Wildman–Crippen MR) is 140 cm³/mol. The van der Waals surface area contributed by atoms with Gasteiger partial charge in [0.05, 0.1) is 4.91 Å². The lowest BCUT2D eigenvalue weighted by Gasteiger charge is -2.45. The molecule has 1 saturated carbocycles. The molecule has 3 atom stereocenters. The van der Waals surface area contributed by atoms with Crippen LogP contribution in [-0.4, -0.2) is 66.1 Å². The first kappa shape index (κ1) is 24.2. The van der Waals surface area contributed by atoms with Crippen molar-refractivity contribution in [2.75, 3.05) is 38.1 Å². The molecule has 1 aliphatic carbocycles. The van der Waals surface area contributed by atoms with Gasteiger partial charge in [0.15, 0.2) is 0 Å². The van der Waals surface area contributed by atoms with E-state index < -0.39 is 0 Å². The van der Waals surface area contributed by atoms with Crippen LogP contribution in [0.1, 0.15) is 24.8 Å². The molecule has 8 heteroatoms. The van der Waals surface area contributed by atoms with Gasteiger partial charge in [0.1, 0.15) is 5.82 Å². The number of thioether (sulfide) groups is 1. The number of hydrogen-bond acceptors (Lipinski definition) is 4. The summed E-state index contributed by atoms with van der Waals surface area (Å²) in [5, 5.41) is 0.938. The van der Waals surface area contributed by atoms with Crippen molar-refractivity contribution >= 4 is 46.9 Å². The molecule has 3 fully saturated rings. The minimum absolute atomic E-state index is 0.0146. The van der Waals surface area contributed by atoms with Crippen LogP contribution in [0, 0.1) is 11.7 Å². The maximum absolute atomic E-state index is 14.1. The lowest BCUT2D eigenvalue weighted by atomic mass is 9.83. The van der Waals surface area contributed by atoms with Gasteiger partial charge in [-0.1, -0.05) is 35.9 Å². The highest BCUT2D eigenvalue weighted by Gasteiger charge is 2.43. The topological polar surface area (TPSA) is 43.9 Å². The Morgan fingerprint density at radius 3 is 2.60 bits per heavy atom. The highest BCUT2D eigenvalue weighted by Crippen LogP contribution is 2.43. The van der Waals surface area contributed by atoms with E-state index in [1.165, 1.54) is 6.07 Å². The molecule has 0 radical (unpaired) electrons. The molecular weight excluding hydrogens is 485 g/mol. The number of fused-ring (bicyclic) bond motifs is 1. The van der Waals surface area contributed by atoms with Crippen molar-refractivity contribution in [2.24, 2.45) is 5.92 Å². The Bertz CT molecular complexity index is 1150. The van der Waals surface area contributed by atoms with E-state index in [1.54, 1.807) is 40.9 Å². The molecule has 2 aromatic rings. The van der Waals surface area contributed by atoms with Crippen LogP contribution in [-0.2, 0) is 9.59 Å². The summed E-state index contributed by atoms with van der Waals surface area (Å²) in [4.78, 5) is 33.0. The quantitative estimate of drug-likeness (QED) is 0.547. The summed E-state index contributed by atoms with van der Waals surface area (Å²) >= 11 is 7.68. The molecule has 2 aliphatic heterocycles. The van der Waals surface area contributed by atoms with Crippen LogP contribution in [0.4, 0.5) is 10.1 Å². The summed E-state index contributed by atoms with van der Waals surface area (Å²) < 4.78 is 14.1. The van der Waals surface area contributed by atoms with Crippen molar-refractivity contribution in [3.05, 3.63) is 69.8 Å². The third kappa shape index (κ3) is 5.07. The van der Waals surface area contributed by atoms with Crippen molar-refractivity contribution in [1.82, 2.24) is 9.80 Å². The molecule has 184 valence electrons. The van der Waals surface area contributed by atoms with Crippen molar-refractivity contribution in [2.45, 2.75) is 30.6 Å². The number of halogens is 2. The number of rotatable bonds is 3. The molecule has 2 saturated heterocycles. The van der Waals surface area contributed by atoms with Gasteiger partial charge in [-0.05, 0) is 49.6 Å². The second-order valence-electron chi connectivity index (χ2n) is 9.47. The van der Waals surface area contributed by atoms with Crippen LogP contribution in [0.3, 0.4) is 0 Å². The van der Waals surface area contributed by atoms with Gasteiger partial charge >= 0.3 is 0 Å². The van der Waals surface area contributed by atoms with Crippen LogP contribution in [0.2, 0.25) is 5.02 Å². The Labute approximate surface area is 214 Å². The Morgan fingerprint density at radius 2 is 1.86 bits per heavy atom. The van der Waals surface area contributed by atoms with Crippen molar-refractivity contribution in [3.63, 3.8) is 0 Å². The number of hydrogen-bond donors (Lipinski definition) is 0. The number of piperazine rings is 1. The number of carbonyl (C=O) groups is 2. The van der Waals surface area contributed by atoms with Gasteiger partial charge < -0.3 is 14.7 Å². The largest absolute Gasteiger partial charge is 0.368 e. The number of anilines is 1. The Kier molecular flexibility index (Phi) is 7.07. The first-order valence-electron chi connectivity index (χ1n) is 12.1. The fraction of sp³-hybridized carbons (Fsp3) is 0.407. The van der Waals surface area contributed by atoms with Crippen LogP contribution in [0.25, 0.3) is 6.08 Å². The molecule has 3 unspecified atom stereocenters. The average Bonchev–Trinajstić information content (AvgIpc) is 2.88. The minimum Gasteiger partial charge on any atom is -0.368 e. The molecule has 5 nitrogen and oxygen atoms in total. The zero-order valence-electron chi connectivity index (χ0n) is 19.7. The maximum atomic E-state index is 14.1.